The summed E-state index contributed by atoms with van der Waals surface area (Å²) in [6.07, 6.45) is 0.0962. The van der Waals surface area contributed by atoms with Crippen LogP contribution in [-0.2, 0) is 11.3 Å². The van der Waals surface area contributed by atoms with Gasteiger partial charge in [-0.25, -0.2) is 4.79 Å². The van der Waals surface area contributed by atoms with Crippen molar-refractivity contribution < 1.29 is 14.3 Å². The van der Waals surface area contributed by atoms with Crippen LogP contribution in [0, 0.1) is 13.8 Å². The second-order valence-electron chi connectivity index (χ2n) is 7.12. The van der Waals surface area contributed by atoms with Gasteiger partial charge in [0.15, 0.2) is 0 Å². The Balaban J connectivity index is 1.62. The number of likely N-dealkylation sites (tertiary alicyclic amines) is 1. The topological polar surface area (TPSA) is 58.6 Å². The second kappa shape index (κ2) is 7.61. The van der Waals surface area contributed by atoms with Crippen LogP contribution in [0.2, 0.25) is 5.02 Å². The van der Waals surface area contributed by atoms with E-state index in [0.29, 0.717) is 30.3 Å². The van der Waals surface area contributed by atoms with E-state index < -0.39 is 11.6 Å². The third-order valence-electron chi connectivity index (χ3n) is 5.02. The van der Waals surface area contributed by atoms with Gasteiger partial charge in [-0.15, -0.1) is 0 Å². The van der Waals surface area contributed by atoms with Crippen LogP contribution in [0.1, 0.15) is 30.0 Å². The molecule has 2 aromatic rings. The number of rotatable bonds is 4. The number of ether oxygens (including phenoxy) is 1. The molecule has 1 N–H and O–H groups in total. The molecule has 2 amide bonds. The highest BCUT2D eigenvalue weighted by atomic mass is 35.5. The molecule has 0 spiro atoms. The van der Waals surface area contributed by atoms with Gasteiger partial charge in [0, 0.05) is 18.1 Å². The van der Waals surface area contributed by atoms with Gasteiger partial charge in [-0.05, 0) is 56.5 Å². The number of amides is 2. The van der Waals surface area contributed by atoms with Crippen LogP contribution in [0.25, 0.3) is 0 Å². The second-order valence-corrected chi connectivity index (χ2v) is 7.56. The minimum absolute atomic E-state index is 0.193. The zero-order valence-electron chi connectivity index (χ0n) is 15.7. The summed E-state index contributed by atoms with van der Waals surface area (Å²) < 4.78 is 5.52. The van der Waals surface area contributed by atoms with E-state index in [1.54, 1.807) is 25.1 Å². The summed E-state index contributed by atoms with van der Waals surface area (Å²) in [5.41, 5.74) is 2.03. The molecule has 1 atom stereocenters. The van der Waals surface area contributed by atoms with E-state index in [0.717, 1.165) is 16.7 Å². The monoisotopic (exact) mass is 386 g/mol. The molecule has 0 bridgehead atoms. The summed E-state index contributed by atoms with van der Waals surface area (Å²) in [7, 11) is 0. The molecule has 3 rings (SSSR count). The Labute approximate surface area is 164 Å². The SMILES string of the molecule is Cc1ccc(OC(=O)N2CCC2(C)C(=O)NCc2ccc(Cl)cc2)c(C)c1. The predicted molar refractivity (Wildman–Crippen MR) is 105 cm³/mol. The zero-order valence-corrected chi connectivity index (χ0v) is 16.5. The Bertz CT molecular complexity index is 866. The standard InChI is InChI=1S/C21H23ClN2O3/c1-14-4-9-18(15(2)12-14)27-20(26)24-11-10-21(24,3)19(25)23-13-16-5-7-17(22)8-6-16/h4-9,12H,10-11,13H2,1-3H3,(H,23,25). The molecule has 0 aromatic heterocycles. The normalized spacial score (nSPS) is 18.6. The predicted octanol–water partition coefficient (Wildman–Crippen LogP) is 4.24. The van der Waals surface area contributed by atoms with Crippen LogP contribution < -0.4 is 10.1 Å². The molecule has 2 aromatic carbocycles. The molecule has 142 valence electrons. The van der Waals surface area contributed by atoms with E-state index >= 15 is 0 Å². The smallest absolute Gasteiger partial charge is 0.410 e. The average molecular weight is 387 g/mol. The molecule has 1 aliphatic heterocycles. The van der Waals surface area contributed by atoms with Gasteiger partial charge in [-0.1, -0.05) is 41.4 Å². The molecular formula is C21H23ClN2O3. The Morgan fingerprint density at radius 3 is 2.48 bits per heavy atom. The maximum absolute atomic E-state index is 12.7. The average Bonchev–Trinajstić information content (AvgIpc) is 2.61. The van der Waals surface area contributed by atoms with Crippen LogP contribution in [0.3, 0.4) is 0 Å². The summed E-state index contributed by atoms with van der Waals surface area (Å²) in [6, 6.07) is 12.9. The molecule has 1 saturated heterocycles. The Morgan fingerprint density at radius 2 is 1.89 bits per heavy atom. The highest BCUT2D eigenvalue weighted by Gasteiger charge is 2.50. The van der Waals surface area contributed by atoms with Crippen molar-refractivity contribution in [2.24, 2.45) is 0 Å². The lowest BCUT2D eigenvalue weighted by Crippen LogP contribution is -2.67. The van der Waals surface area contributed by atoms with Gasteiger partial charge in [0.2, 0.25) is 5.91 Å². The van der Waals surface area contributed by atoms with E-state index in [4.69, 9.17) is 16.3 Å². The lowest BCUT2D eigenvalue weighted by molar-refractivity contribution is -0.138. The molecule has 1 unspecified atom stereocenters. The minimum atomic E-state index is -0.901. The maximum Gasteiger partial charge on any atom is 0.416 e. The van der Waals surface area contributed by atoms with Crippen molar-refractivity contribution in [3.05, 3.63) is 64.2 Å². The molecule has 0 saturated carbocycles. The highest BCUT2D eigenvalue weighted by molar-refractivity contribution is 6.30. The van der Waals surface area contributed by atoms with Gasteiger partial charge in [0.25, 0.3) is 0 Å². The first kappa shape index (κ1) is 19.2. The molecule has 0 radical (unpaired) electrons. The Kier molecular flexibility index (Phi) is 5.42. The number of carbonyl (C=O) groups is 2. The first-order chi connectivity index (χ1) is 12.8. The highest BCUT2D eigenvalue weighted by Crippen LogP contribution is 2.32. The quantitative estimate of drug-likeness (QED) is 0.855. The van der Waals surface area contributed by atoms with Gasteiger partial charge < -0.3 is 10.1 Å². The van der Waals surface area contributed by atoms with Crippen LogP contribution in [0.5, 0.6) is 5.75 Å². The zero-order chi connectivity index (χ0) is 19.6. The molecule has 27 heavy (non-hydrogen) atoms. The number of hydrogen-bond acceptors (Lipinski definition) is 3. The maximum atomic E-state index is 12.7. The number of halogens is 1. The van der Waals surface area contributed by atoms with E-state index in [1.807, 2.05) is 38.1 Å². The van der Waals surface area contributed by atoms with Crippen LogP contribution >= 0.6 is 11.6 Å². The molecule has 1 heterocycles. The van der Waals surface area contributed by atoms with E-state index in [1.165, 1.54) is 4.90 Å². The van der Waals surface area contributed by atoms with Gasteiger partial charge in [0.05, 0.1) is 0 Å². The number of nitrogens with zero attached hydrogens (tertiary/aromatic N) is 1. The number of nitrogens with one attached hydrogen (secondary N) is 1. The molecular weight excluding hydrogens is 364 g/mol. The molecule has 5 nitrogen and oxygen atoms in total. The van der Waals surface area contributed by atoms with Gasteiger partial charge in [0.1, 0.15) is 11.3 Å². The van der Waals surface area contributed by atoms with Crippen molar-refractivity contribution in [3.63, 3.8) is 0 Å². The first-order valence-electron chi connectivity index (χ1n) is 8.89. The number of carbonyl (C=O) groups excluding carboxylic acids is 2. The van der Waals surface area contributed by atoms with Crippen molar-refractivity contribution in [2.75, 3.05) is 6.54 Å². The minimum Gasteiger partial charge on any atom is -0.410 e. The van der Waals surface area contributed by atoms with Crippen LogP contribution in [-0.4, -0.2) is 29.0 Å². The van der Waals surface area contributed by atoms with Gasteiger partial charge in [-0.2, -0.15) is 0 Å². The van der Waals surface area contributed by atoms with Gasteiger partial charge in [-0.3, -0.25) is 9.69 Å². The molecule has 6 heteroatoms. The molecule has 1 fully saturated rings. The van der Waals surface area contributed by atoms with Crippen LogP contribution in [0.4, 0.5) is 4.79 Å². The van der Waals surface area contributed by atoms with Crippen LogP contribution in [0.15, 0.2) is 42.5 Å². The summed E-state index contributed by atoms with van der Waals surface area (Å²) in [6.45, 7) is 6.51. The third kappa shape index (κ3) is 4.08. The van der Waals surface area contributed by atoms with Gasteiger partial charge >= 0.3 is 6.09 Å². The van der Waals surface area contributed by atoms with Crippen molar-refractivity contribution >= 4 is 23.6 Å². The van der Waals surface area contributed by atoms with Crippen molar-refractivity contribution in [1.29, 1.82) is 0 Å². The summed E-state index contributed by atoms with van der Waals surface area (Å²) >= 11 is 5.87. The summed E-state index contributed by atoms with van der Waals surface area (Å²) in [4.78, 5) is 26.7. The van der Waals surface area contributed by atoms with E-state index in [-0.39, 0.29) is 5.91 Å². The lowest BCUT2D eigenvalue weighted by Gasteiger charge is -2.47. The summed E-state index contributed by atoms with van der Waals surface area (Å²) in [5, 5.41) is 3.55. The summed E-state index contributed by atoms with van der Waals surface area (Å²) in [5.74, 6) is 0.322. The van der Waals surface area contributed by atoms with Crippen molar-refractivity contribution in [2.45, 2.75) is 39.3 Å². The Hall–Kier alpha value is -2.53. The largest absolute Gasteiger partial charge is 0.416 e. The van der Waals surface area contributed by atoms with Crippen molar-refractivity contribution in [3.8, 4) is 5.75 Å². The first-order valence-corrected chi connectivity index (χ1v) is 9.27. The fourth-order valence-electron chi connectivity index (χ4n) is 3.13. The third-order valence-corrected chi connectivity index (χ3v) is 5.27. The van der Waals surface area contributed by atoms with Crippen molar-refractivity contribution in [1.82, 2.24) is 10.2 Å². The molecule has 1 aliphatic rings. The van der Waals surface area contributed by atoms with E-state index in [9.17, 15) is 9.59 Å². The number of aryl methyl sites for hydroxylation is 2. The molecule has 0 aliphatic carbocycles. The Morgan fingerprint density at radius 1 is 1.19 bits per heavy atom. The fourth-order valence-corrected chi connectivity index (χ4v) is 3.25. The number of benzene rings is 2. The fraction of sp³-hybridized carbons (Fsp3) is 0.333. The van der Waals surface area contributed by atoms with E-state index in [2.05, 4.69) is 5.32 Å². The number of hydrogen-bond donors (Lipinski definition) is 1. The lowest BCUT2D eigenvalue weighted by atomic mass is 9.86.